The zero-order valence-electron chi connectivity index (χ0n) is 13.6. The number of aromatic amines is 1. The summed E-state index contributed by atoms with van der Waals surface area (Å²) in [7, 11) is 1.64. The molecule has 0 fully saturated rings. The Kier molecular flexibility index (Phi) is 4.23. The van der Waals surface area contributed by atoms with Crippen LogP contribution in [0.3, 0.4) is 0 Å². The van der Waals surface area contributed by atoms with Crippen LogP contribution in [0.4, 0.5) is 0 Å². The number of nitrogens with one attached hydrogen (secondary N) is 2. The summed E-state index contributed by atoms with van der Waals surface area (Å²) in [6, 6.07) is 5.82. The van der Waals surface area contributed by atoms with Gasteiger partial charge in [0.1, 0.15) is 17.6 Å². The van der Waals surface area contributed by atoms with Gasteiger partial charge in [-0.1, -0.05) is 0 Å². The van der Waals surface area contributed by atoms with E-state index >= 15 is 0 Å². The fourth-order valence-corrected chi connectivity index (χ4v) is 2.80. The summed E-state index contributed by atoms with van der Waals surface area (Å²) in [5.74, 6) is 1.58. The Hall–Kier alpha value is -2.50. The zero-order chi connectivity index (χ0) is 16.4. The highest BCUT2D eigenvalue weighted by Gasteiger charge is 2.21. The number of methoxy groups -OCH3 is 1. The highest BCUT2D eigenvalue weighted by atomic mass is 16.5. The minimum absolute atomic E-state index is 0.0756. The Bertz CT molecular complexity index is 724. The maximum atomic E-state index is 12.0. The van der Waals surface area contributed by atoms with Gasteiger partial charge in [-0.2, -0.15) is 5.10 Å². The van der Waals surface area contributed by atoms with Crippen LogP contribution in [0.25, 0.3) is 0 Å². The Morgan fingerprint density at radius 1 is 1.48 bits per heavy atom. The molecule has 0 unspecified atom stereocenters. The molecule has 1 aromatic carbocycles. The molecule has 1 aliphatic rings. The van der Waals surface area contributed by atoms with Crippen LogP contribution in [0, 0.1) is 6.92 Å². The van der Waals surface area contributed by atoms with Gasteiger partial charge in [0.15, 0.2) is 0 Å². The van der Waals surface area contributed by atoms with Crippen LogP contribution < -0.4 is 14.8 Å². The number of H-pyrrole nitrogens is 1. The van der Waals surface area contributed by atoms with Gasteiger partial charge in [0.2, 0.25) is 5.91 Å². The first-order valence-corrected chi connectivity index (χ1v) is 7.69. The normalized spacial score (nSPS) is 15.9. The second kappa shape index (κ2) is 6.32. The fourth-order valence-electron chi connectivity index (χ4n) is 2.80. The zero-order valence-corrected chi connectivity index (χ0v) is 13.6. The first-order chi connectivity index (χ1) is 11.0. The molecule has 6 nitrogen and oxygen atoms in total. The van der Waals surface area contributed by atoms with Gasteiger partial charge >= 0.3 is 0 Å². The number of fused-ring (bicyclic) bond motifs is 1. The molecule has 1 atom stereocenters. The predicted octanol–water partition coefficient (Wildman–Crippen LogP) is 1.91. The average Bonchev–Trinajstić information content (AvgIpc) is 3.08. The molecule has 0 radical (unpaired) electrons. The summed E-state index contributed by atoms with van der Waals surface area (Å²) in [6.07, 6.45) is 1.32. The number of carbonyl (C=O) groups excluding carboxylic acids is 1. The third kappa shape index (κ3) is 3.47. The molecule has 0 aliphatic carbocycles. The van der Waals surface area contributed by atoms with Gasteiger partial charge in [0.25, 0.3) is 0 Å². The van der Waals surface area contributed by atoms with Gasteiger partial charge in [-0.25, -0.2) is 0 Å². The number of nitrogens with zero attached hydrogens (tertiary/aromatic N) is 1. The van der Waals surface area contributed by atoms with Crippen molar-refractivity contribution in [3.8, 4) is 11.5 Å². The SMILES string of the molecule is COc1cc2c(cc1CNC(=O)Cc1cc(C)[nH]n1)O[C@@H](C)C2. The number of rotatable bonds is 5. The van der Waals surface area contributed by atoms with Crippen molar-refractivity contribution in [3.05, 3.63) is 40.7 Å². The summed E-state index contributed by atoms with van der Waals surface area (Å²) in [6.45, 7) is 4.35. The van der Waals surface area contributed by atoms with E-state index < -0.39 is 0 Å². The van der Waals surface area contributed by atoms with E-state index in [4.69, 9.17) is 9.47 Å². The lowest BCUT2D eigenvalue weighted by molar-refractivity contribution is -0.120. The van der Waals surface area contributed by atoms with Gasteiger partial charge in [0.05, 0.1) is 19.2 Å². The van der Waals surface area contributed by atoms with Crippen LogP contribution in [-0.2, 0) is 24.2 Å². The van der Waals surface area contributed by atoms with Crippen molar-refractivity contribution in [3.63, 3.8) is 0 Å². The van der Waals surface area contributed by atoms with E-state index in [0.717, 1.165) is 40.4 Å². The van der Waals surface area contributed by atoms with E-state index in [2.05, 4.69) is 15.5 Å². The second-order valence-corrected chi connectivity index (χ2v) is 5.90. The van der Waals surface area contributed by atoms with E-state index in [-0.39, 0.29) is 18.4 Å². The van der Waals surface area contributed by atoms with Crippen LogP contribution in [0.2, 0.25) is 0 Å². The molecule has 1 aliphatic heterocycles. The van der Waals surface area contributed by atoms with Gasteiger partial charge in [-0.3, -0.25) is 9.89 Å². The summed E-state index contributed by atoms with van der Waals surface area (Å²) < 4.78 is 11.2. The van der Waals surface area contributed by atoms with Crippen LogP contribution in [0.15, 0.2) is 18.2 Å². The third-order valence-corrected chi connectivity index (χ3v) is 3.88. The number of carbonyl (C=O) groups is 1. The summed E-state index contributed by atoms with van der Waals surface area (Å²) in [5.41, 5.74) is 3.74. The molecule has 122 valence electrons. The number of hydrogen-bond donors (Lipinski definition) is 2. The molecule has 1 amide bonds. The minimum Gasteiger partial charge on any atom is -0.496 e. The number of aromatic nitrogens is 2. The molecule has 6 heteroatoms. The van der Waals surface area contributed by atoms with Crippen molar-refractivity contribution in [1.29, 1.82) is 0 Å². The molecule has 2 aromatic rings. The molecule has 0 bridgehead atoms. The first kappa shape index (κ1) is 15.4. The standard InChI is InChI=1S/C17H21N3O3/c1-10-4-14(20-19-10)8-17(21)18-9-13-7-16-12(5-11(2)23-16)6-15(13)22-3/h4,6-7,11H,5,8-9H2,1-3H3,(H,18,21)(H,19,20)/t11-/m0/s1. The molecule has 0 spiro atoms. The predicted molar refractivity (Wildman–Crippen MR) is 85.7 cm³/mol. The van der Waals surface area contributed by atoms with Crippen molar-refractivity contribution in [2.75, 3.05) is 7.11 Å². The van der Waals surface area contributed by atoms with Crippen molar-refractivity contribution in [1.82, 2.24) is 15.5 Å². The first-order valence-electron chi connectivity index (χ1n) is 7.69. The smallest absolute Gasteiger partial charge is 0.226 e. The van der Waals surface area contributed by atoms with E-state index in [1.54, 1.807) is 7.11 Å². The molecule has 23 heavy (non-hydrogen) atoms. The molecule has 0 saturated heterocycles. The van der Waals surface area contributed by atoms with Crippen LogP contribution >= 0.6 is 0 Å². The lowest BCUT2D eigenvalue weighted by Gasteiger charge is -2.12. The van der Waals surface area contributed by atoms with E-state index in [9.17, 15) is 4.79 Å². The van der Waals surface area contributed by atoms with E-state index in [0.29, 0.717) is 6.54 Å². The Morgan fingerprint density at radius 2 is 2.30 bits per heavy atom. The van der Waals surface area contributed by atoms with Gasteiger partial charge in [0, 0.05) is 29.8 Å². The number of hydrogen-bond acceptors (Lipinski definition) is 4. The molecule has 3 rings (SSSR count). The van der Waals surface area contributed by atoms with Crippen LogP contribution in [-0.4, -0.2) is 29.3 Å². The van der Waals surface area contributed by atoms with Crippen molar-refractivity contribution in [2.24, 2.45) is 0 Å². The minimum atomic E-state index is -0.0756. The van der Waals surface area contributed by atoms with Crippen molar-refractivity contribution >= 4 is 5.91 Å². The molecular weight excluding hydrogens is 294 g/mol. The number of aryl methyl sites for hydroxylation is 1. The molecule has 2 heterocycles. The molecule has 2 N–H and O–H groups in total. The van der Waals surface area contributed by atoms with Gasteiger partial charge in [-0.15, -0.1) is 0 Å². The molecule has 0 saturated carbocycles. The number of ether oxygens (including phenoxy) is 2. The number of amides is 1. The maximum Gasteiger partial charge on any atom is 0.226 e. The van der Waals surface area contributed by atoms with E-state index in [1.807, 2.05) is 32.0 Å². The van der Waals surface area contributed by atoms with Gasteiger partial charge in [-0.05, 0) is 32.0 Å². The monoisotopic (exact) mass is 315 g/mol. The van der Waals surface area contributed by atoms with Crippen LogP contribution in [0.1, 0.15) is 29.4 Å². The van der Waals surface area contributed by atoms with Crippen LogP contribution in [0.5, 0.6) is 11.5 Å². The molecule has 1 aromatic heterocycles. The Balaban J connectivity index is 1.65. The highest BCUT2D eigenvalue weighted by molar-refractivity contribution is 5.78. The second-order valence-electron chi connectivity index (χ2n) is 5.90. The highest BCUT2D eigenvalue weighted by Crippen LogP contribution is 2.34. The summed E-state index contributed by atoms with van der Waals surface area (Å²) >= 11 is 0. The number of benzene rings is 1. The van der Waals surface area contributed by atoms with Crippen molar-refractivity contribution < 1.29 is 14.3 Å². The fraction of sp³-hybridized carbons (Fsp3) is 0.412. The Labute approximate surface area is 135 Å². The molecular formula is C17H21N3O3. The third-order valence-electron chi connectivity index (χ3n) is 3.88. The summed E-state index contributed by atoms with van der Waals surface area (Å²) in [4.78, 5) is 12.0. The Morgan fingerprint density at radius 3 is 3.00 bits per heavy atom. The topological polar surface area (TPSA) is 76.2 Å². The maximum absolute atomic E-state index is 12.0. The lowest BCUT2D eigenvalue weighted by atomic mass is 10.1. The average molecular weight is 315 g/mol. The van der Waals surface area contributed by atoms with E-state index in [1.165, 1.54) is 0 Å². The largest absolute Gasteiger partial charge is 0.496 e. The lowest BCUT2D eigenvalue weighted by Crippen LogP contribution is -2.25. The van der Waals surface area contributed by atoms with Gasteiger partial charge < -0.3 is 14.8 Å². The summed E-state index contributed by atoms with van der Waals surface area (Å²) in [5, 5.41) is 9.81. The quantitative estimate of drug-likeness (QED) is 0.883. The van der Waals surface area contributed by atoms with Crippen molar-refractivity contribution in [2.45, 2.75) is 39.3 Å².